The standard InChI is InChI=1S/C12H17N5O2S2/c1-3-17-7-11(14-8(17)2)21(18,19)16-12-15-9-4-5-13-6-10(9)20-12/h7,13H,3-6H2,1-2H3,(H,15,16). The third-order valence-corrected chi connectivity index (χ3v) is 5.75. The van der Waals surface area contributed by atoms with Crippen LogP contribution in [0.5, 0.6) is 0 Å². The molecule has 0 aromatic carbocycles. The van der Waals surface area contributed by atoms with Crippen molar-refractivity contribution in [2.75, 3.05) is 11.3 Å². The van der Waals surface area contributed by atoms with E-state index in [9.17, 15) is 8.42 Å². The molecule has 1 aliphatic heterocycles. The van der Waals surface area contributed by atoms with Crippen LogP contribution in [0.3, 0.4) is 0 Å². The van der Waals surface area contributed by atoms with E-state index in [1.165, 1.54) is 11.3 Å². The van der Waals surface area contributed by atoms with Gasteiger partial charge in [0.05, 0.1) is 5.69 Å². The molecule has 0 unspecified atom stereocenters. The molecular weight excluding hydrogens is 310 g/mol. The fraction of sp³-hybridized carbons (Fsp3) is 0.500. The van der Waals surface area contributed by atoms with Crippen molar-refractivity contribution in [1.29, 1.82) is 0 Å². The highest BCUT2D eigenvalue weighted by Gasteiger charge is 2.22. The number of fused-ring (bicyclic) bond motifs is 1. The second kappa shape index (κ2) is 5.39. The Hall–Kier alpha value is -1.45. The average Bonchev–Trinajstić information content (AvgIpc) is 3.00. The molecule has 3 heterocycles. The fourth-order valence-corrected chi connectivity index (χ4v) is 4.49. The summed E-state index contributed by atoms with van der Waals surface area (Å²) in [7, 11) is -3.68. The molecule has 0 spiro atoms. The summed E-state index contributed by atoms with van der Waals surface area (Å²) in [5.74, 6) is 0.681. The molecule has 1 aliphatic rings. The smallest absolute Gasteiger partial charge is 0.282 e. The van der Waals surface area contributed by atoms with Crippen LogP contribution < -0.4 is 10.0 Å². The lowest BCUT2D eigenvalue weighted by Gasteiger charge is -2.09. The van der Waals surface area contributed by atoms with E-state index in [4.69, 9.17) is 0 Å². The van der Waals surface area contributed by atoms with Gasteiger partial charge in [-0.05, 0) is 13.8 Å². The van der Waals surface area contributed by atoms with E-state index >= 15 is 0 Å². The molecular formula is C12H17N5O2S2. The van der Waals surface area contributed by atoms with E-state index in [1.54, 1.807) is 17.7 Å². The van der Waals surface area contributed by atoms with E-state index in [2.05, 4.69) is 20.0 Å². The second-order valence-electron chi connectivity index (χ2n) is 4.83. The van der Waals surface area contributed by atoms with E-state index in [0.717, 1.165) is 30.1 Å². The Balaban J connectivity index is 1.86. The third-order valence-electron chi connectivity index (χ3n) is 3.39. The van der Waals surface area contributed by atoms with Gasteiger partial charge >= 0.3 is 0 Å². The van der Waals surface area contributed by atoms with Gasteiger partial charge in [-0.15, -0.1) is 0 Å². The Bertz CT molecular complexity index is 739. The normalized spacial score (nSPS) is 15.0. The first-order valence-corrected chi connectivity index (χ1v) is 9.05. The zero-order chi connectivity index (χ0) is 15.0. The molecule has 9 heteroatoms. The number of hydrogen-bond donors (Lipinski definition) is 2. The summed E-state index contributed by atoms with van der Waals surface area (Å²) in [6.45, 7) is 6.05. The van der Waals surface area contributed by atoms with Gasteiger partial charge < -0.3 is 9.88 Å². The third kappa shape index (κ3) is 2.81. The van der Waals surface area contributed by atoms with Crippen molar-refractivity contribution in [1.82, 2.24) is 19.9 Å². The predicted octanol–water partition coefficient (Wildman–Crippen LogP) is 1.11. The minimum atomic E-state index is -3.68. The lowest BCUT2D eigenvalue weighted by atomic mass is 10.2. The Morgan fingerprint density at radius 2 is 2.29 bits per heavy atom. The number of sulfonamides is 1. The van der Waals surface area contributed by atoms with E-state index in [1.807, 2.05) is 6.92 Å². The summed E-state index contributed by atoms with van der Waals surface area (Å²) in [5.41, 5.74) is 0.978. The van der Waals surface area contributed by atoms with E-state index < -0.39 is 10.0 Å². The molecule has 7 nitrogen and oxygen atoms in total. The molecule has 0 fully saturated rings. The van der Waals surface area contributed by atoms with Gasteiger partial charge in [0.1, 0.15) is 5.82 Å². The first-order valence-electron chi connectivity index (χ1n) is 6.75. The number of thiazole rings is 1. The van der Waals surface area contributed by atoms with Crippen LogP contribution in [0.1, 0.15) is 23.3 Å². The summed E-state index contributed by atoms with van der Waals surface area (Å²) in [6, 6.07) is 0. The maximum atomic E-state index is 12.4. The molecule has 0 atom stereocenters. The molecule has 0 aliphatic carbocycles. The maximum absolute atomic E-state index is 12.4. The molecule has 21 heavy (non-hydrogen) atoms. The number of anilines is 1. The fourth-order valence-electron chi connectivity index (χ4n) is 2.27. The van der Waals surface area contributed by atoms with Gasteiger partial charge in [-0.2, -0.15) is 8.42 Å². The number of nitrogens with one attached hydrogen (secondary N) is 2. The summed E-state index contributed by atoms with van der Waals surface area (Å²) < 4.78 is 29.0. The van der Waals surface area contributed by atoms with Crippen LogP contribution in [0.25, 0.3) is 0 Å². The van der Waals surface area contributed by atoms with E-state index in [0.29, 0.717) is 17.5 Å². The molecule has 0 saturated carbocycles. The van der Waals surface area contributed by atoms with Gasteiger partial charge in [-0.1, -0.05) is 11.3 Å². The van der Waals surface area contributed by atoms with Crippen molar-refractivity contribution in [3.8, 4) is 0 Å². The number of aryl methyl sites for hydroxylation is 2. The highest BCUT2D eigenvalue weighted by molar-refractivity contribution is 7.92. The SMILES string of the molecule is CCn1cc(S(=O)(=O)Nc2nc3c(s2)CNCC3)nc1C. The lowest BCUT2D eigenvalue weighted by molar-refractivity contribution is 0.598. The van der Waals surface area contributed by atoms with Crippen molar-refractivity contribution in [2.45, 2.75) is 38.4 Å². The monoisotopic (exact) mass is 327 g/mol. The first-order chi connectivity index (χ1) is 9.99. The van der Waals surface area contributed by atoms with Gasteiger partial charge in [0.15, 0.2) is 10.2 Å². The van der Waals surface area contributed by atoms with Gasteiger partial charge in [-0.25, -0.2) is 9.97 Å². The Morgan fingerprint density at radius 3 is 2.95 bits per heavy atom. The minimum Gasteiger partial charge on any atom is -0.334 e. The highest BCUT2D eigenvalue weighted by atomic mass is 32.2. The first kappa shape index (κ1) is 14.5. The number of imidazole rings is 1. The quantitative estimate of drug-likeness (QED) is 0.878. The van der Waals surface area contributed by atoms with Crippen LogP contribution in [0, 0.1) is 6.92 Å². The van der Waals surface area contributed by atoms with Crippen molar-refractivity contribution in [2.24, 2.45) is 0 Å². The van der Waals surface area contributed by atoms with Crippen LogP contribution in [0.4, 0.5) is 5.13 Å². The molecule has 2 aromatic heterocycles. The van der Waals surface area contributed by atoms with Crippen LogP contribution in [-0.2, 0) is 29.5 Å². The molecule has 0 radical (unpaired) electrons. The Kier molecular flexibility index (Phi) is 3.72. The number of rotatable bonds is 4. The van der Waals surface area contributed by atoms with Crippen LogP contribution in [0.15, 0.2) is 11.2 Å². The van der Waals surface area contributed by atoms with Crippen molar-refractivity contribution in [3.05, 3.63) is 22.6 Å². The lowest BCUT2D eigenvalue weighted by Crippen LogP contribution is -2.22. The molecule has 0 bridgehead atoms. The largest absolute Gasteiger partial charge is 0.334 e. The van der Waals surface area contributed by atoms with Gasteiger partial charge in [-0.3, -0.25) is 4.72 Å². The highest BCUT2D eigenvalue weighted by Crippen LogP contribution is 2.27. The second-order valence-corrected chi connectivity index (χ2v) is 7.55. The molecule has 114 valence electrons. The number of nitrogens with zero attached hydrogens (tertiary/aromatic N) is 3. The number of hydrogen-bond acceptors (Lipinski definition) is 6. The van der Waals surface area contributed by atoms with Crippen molar-refractivity contribution < 1.29 is 8.42 Å². The van der Waals surface area contributed by atoms with Crippen LogP contribution in [-0.4, -0.2) is 29.5 Å². The van der Waals surface area contributed by atoms with Crippen LogP contribution in [0.2, 0.25) is 0 Å². The van der Waals surface area contributed by atoms with Gasteiger partial charge in [0.25, 0.3) is 10.0 Å². The average molecular weight is 327 g/mol. The summed E-state index contributed by atoms with van der Waals surface area (Å²) in [6.07, 6.45) is 2.38. The van der Waals surface area contributed by atoms with Gasteiger partial charge in [0, 0.05) is 37.1 Å². The summed E-state index contributed by atoms with van der Waals surface area (Å²) >= 11 is 1.38. The summed E-state index contributed by atoms with van der Waals surface area (Å²) in [4.78, 5) is 9.56. The van der Waals surface area contributed by atoms with Crippen molar-refractivity contribution in [3.63, 3.8) is 0 Å². The molecule has 2 N–H and O–H groups in total. The Morgan fingerprint density at radius 1 is 1.48 bits per heavy atom. The number of aromatic nitrogens is 3. The molecule has 0 amide bonds. The summed E-state index contributed by atoms with van der Waals surface area (Å²) in [5, 5.41) is 3.69. The topological polar surface area (TPSA) is 88.9 Å². The van der Waals surface area contributed by atoms with Gasteiger partial charge in [0.2, 0.25) is 0 Å². The molecule has 3 rings (SSSR count). The van der Waals surface area contributed by atoms with Crippen LogP contribution >= 0.6 is 11.3 Å². The zero-order valence-electron chi connectivity index (χ0n) is 11.9. The molecule has 0 saturated heterocycles. The predicted molar refractivity (Wildman–Crippen MR) is 81.0 cm³/mol. The maximum Gasteiger partial charge on any atom is 0.282 e. The minimum absolute atomic E-state index is 0.0353. The van der Waals surface area contributed by atoms with Crippen molar-refractivity contribution >= 4 is 26.5 Å². The zero-order valence-corrected chi connectivity index (χ0v) is 13.5. The molecule has 2 aromatic rings. The Labute approximate surface area is 127 Å². The van der Waals surface area contributed by atoms with E-state index in [-0.39, 0.29) is 5.03 Å².